The highest BCUT2D eigenvalue weighted by atomic mass is 19.1. The number of halogens is 1. The standard InChI is InChI=1S/C16H20FNO/c17-15-5-2-11(3-6-15)10-18-16(19)9-14-8-12-1-4-13(14)7-12/h2-3,5-6,12-14H,1,4,7-10H2,(H,18,19)/t12-,13+,14+/m0/s1. The molecule has 0 heterocycles. The van der Waals surface area contributed by atoms with Gasteiger partial charge in [0.25, 0.3) is 0 Å². The number of hydrogen-bond acceptors (Lipinski definition) is 1. The van der Waals surface area contributed by atoms with E-state index < -0.39 is 0 Å². The van der Waals surface area contributed by atoms with Crippen LogP contribution in [0.2, 0.25) is 0 Å². The molecule has 3 rings (SSSR count). The fourth-order valence-electron chi connectivity index (χ4n) is 3.74. The van der Waals surface area contributed by atoms with E-state index in [9.17, 15) is 9.18 Å². The molecule has 0 unspecified atom stereocenters. The minimum absolute atomic E-state index is 0.141. The molecule has 0 saturated heterocycles. The zero-order chi connectivity index (χ0) is 13.2. The number of carbonyl (C=O) groups excluding carboxylic acids is 1. The second-order valence-corrected chi connectivity index (χ2v) is 6.04. The number of fused-ring (bicyclic) bond motifs is 2. The fraction of sp³-hybridized carbons (Fsp3) is 0.562. The van der Waals surface area contributed by atoms with Gasteiger partial charge in [0.2, 0.25) is 5.91 Å². The third-order valence-corrected chi connectivity index (χ3v) is 4.74. The van der Waals surface area contributed by atoms with Gasteiger partial charge in [-0.3, -0.25) is 4.79 Å². The Balaban J connectivity index is 1.45. The lowest BCUT2D eigenvalue weighted by molar-refractivity contribution is -0.122. The van der Waals surface area contributed by atoms with Crippen LogP contribution in [-0.2, 0) is 11.3 Å². The third-order valence-electron chi connectivity index (χ3n) is 4.74. The smallest absolute Gasteiger partial charge is 0.220 e. The van der Waals surface area contributed by atoms with Gasteiger partial charge >= 0.3 is 0 Å². The lowest BCUT2D eigenvalue weighted by Crippen LogP contribution is -2.26. The molecule has 1 aromatic carbocycles. The van der Waals surface area contributed by atoms with Crippen LogP contribution in [0.1, 0.15) is 37.7 Å². The molecule has 1 aromatic rings. The van der Waals surface area contributed by atoms with Crippen molar-refractivity contribution in [3.8, 4) is 0 Å². The summed E-state index contributed by atoms with van der Waals surface area (Å²) in [4.78, 5) is 11.9. The van der Waals surface area contributed by atoms with Gasteiger partial charge in [-0.25, -0.2) is 4.39 Å². The molecular weight excluding hydrogens is 241 g/mol. The van der Waals surface area contributed by atoms with Crippen molar-refractivity contribution in [2.75, 3.05) is 0 Å². The molecule has 3 heteroatoms. The van der Waals surface area contributed by atoms with Gasteiger partial charge in [0.1, 0.15) is 5.82 Å². The Hall–Kier alpha value is -1.38. The van der Waals surface area contributed by atoms with Gasteiger partial charge in [-0.15, -0.1) is 0 Å². The lowest BCUT2D eigenvalue weighted by Gasteiger charge is -2.20. The zero-order valence-corrected chi connectivity index (χ0v) is 11.1. The number of nitrogens with one attached hydrogen (secondary N) is 1. The van der Waals surface area contributed by atoms with E-state index in [1.807, 2.05) is 0 Å². The molecule has 3 atom stereocenters. The van der Waals surface area contributed by atoms with Gasteiger partial charge in [-0.05, 0) is 54.7 Å². The van der Waals surface area contributed by atoms with E-state index >= 15 is 0 Å². The monoisotopic (exact) mass is 261 g/mol. The van der Waals surface area contributed by atoms with Crippen LogP contribution < -0.4 is 5.32 Å². The summed E-state index contributed by atoms with van der Waals surface area (Å²) in [5, 5.41) is 2.94. The van der Waals surface area contributed by atoms with Crippen molar-refractivity contribution >= 4 is 5.91 Å². The highest BCUT2D eigenvalue weighted by Gasteiger charge is 2.39. The Morgan fingerprint density at radius 1 is 1.21 bits per heavy atom. The molecule has 0 aliphatic heterocycles. The van der Waals surface area contributed by atoms with Crippen molar-refractivity contribution in [2.45, 2.75) is 38.6 Å². The summed E-state index contributed by atoms with van der Waals surface area (Å²) >= 11 is 0. The molecule has 2 aliphatic carbocycles. The highest BCUT2D eigenvalue weighted by Crippen LogP contribution is 2.49. The molecular formula is C16H20FNO. The normalized spacial score (nSPS) is 28.6. The van der Waals surface area contributed by atoms with Crippen molar-refractivity contribution < 1.29 is 9.18 Å². The summed E-state index contributed by atoms with van der Waals surface area (Å²) in [7, 11) is 0. The van der Waals surface area contributed by atoms with Gasteiger partial charge in [0, 0.05) is 13.0 Å². The van der Waals surface area contributed by atoms with Gasteiger partial charge in [-0.2, -0.15) is 0 Å². The van der Waals surface area contributed by atoms with Crippen LogP contribution in [0.25, 0.3) is 0 Å². The van der Waals surface area contributed by atoms with E-state index in [1.54, 1.807) is 12.1 Å². The minimum Gasteiger partial charge on any atom is -0.352 e. The van der Waals surface area contributed by atoms with Crippen LogP contribution in [0.15, 0.2) is 24.3 Å². The minimum atomic E-state index is -0.239. The molecule has 1 N–H and O–H groups in total. The van der Waals surface area contributed by atoms with Crippen LogP contribution in [0.4, 0.5) is 4.39 Å². The van der Waals surface area contributed by atoms with Gasteiger partial charge in [0.05, 0.1) is 0 Å². The molecule has 2 saturated carbocycles. The quantitative estimate of drug-likeness (QED) is 0.885. The van der Waals surface area contributed by atoms with Crippen molar-refractivity contribution in [1.82, 2.24) is 5.32 Å². The van der Waals surface area contributed by atoms with Crippen molar-refractivity contribution in [3.63, 3.8) is 0 Å². The number of hydrogen-bond donors (Lipinski definition) is 1. The lowest BCUT2D eigenvalue weighted by atomic mass is 9.86. The first kappa shape index (κ1) is 12.6. The Morgan fingerprint density at radius 2 is 2.00 bits per heavy atom. The average Bonchev–Trinajstić information content (AvgIpc) is 3.00. The molecule has 0 radical (unpaired) electrons. The first-order valence-corrected chi connectivity index (χ1v) is 7.22. The molecule has 2 nitrogen and oxygen atoms in total. The van der Waals surface area contributed by atoms with Crippen LogP contribution in [-0.4, -0.2) is 5.91 Å². The van der Waals surface area contributed by atoms with E-state index in [4.69, 9.17) is 0 Å². The second kappa shape index (κ2) is 5.32. The van der Waals surface area contributed by atoms with Gasteiger partial charge < -0.3 is 5.32 Å². The topological polar surface area (TPSA) is 29.1 Å². The van der Waals surface area contributed by atoms with Crippen molar-refractivity contribution in [1.29, 1.82) is 0 Å². The predicted molar refractivity (Wildman–Crippen MR) is 71.8 cm³/mol. The van der Waals surface area contributed by atoms with Crippen LogP contribution in [0.5, 0.6) is 0 Å². The molecule has 102 valence electrons. The van der Waals surface area contributed by atoms with E-state index in [1.165, 1.54) is 37.8 Å². The summed E-state index contributed by atoms with van der Waals surface area (Å²) in [6.45, 7) is 0.500. The summed E-state index contributed by atoms with van der Waals surface area (Å²) in [6.07, 6.45) is 5.95. The summed E-state index contributed by atoms with van der Waals surface area (Å²) in [5.41, 5.74) is 0.947. The van der Waals surface area contributed by atoms with Gasteiger partial charge in [0.15, 0.2) is 0 Å². The van der Waals surface area contributed by atoms with E-state index in [0.717, 1.165) is 17.4 Å². The Bertz CT molecular complexity index is 456. The maximum atomic E-state index is 12.8. The number of rotatable bonds is 4. The van der Waals surface area contributed by atoms with E-state index in [0.29, 0.717) is 18.9 Å². The third kappa shape index (κ3) is 2.96. The van der Waals surface area contributed by atoms with Crippen LogP contribution >= 0.6 is 0 Å². The maximum Gasteiger partial charge on any atom is 0.220 e. The first-order valence-electron chi connectivity index (χ1n) is 7.22. The largest absolute Gasteiger partial charge is 0.352 e. The number of benzene rings is 1. The number of amides is 1. The summed E-state index contributed by atoms with van der Waals surface area (Å²) in [6, 6.07) is 6.29. The average molecular weight is 261 g/mol. The summed E-state index contributed by atoms with van der Waals surface area (Å²) in [5.74, 6) is 2.19. The summed E-state index contributed by atoms with van der Waals surface area (Å²) < 4.78 is 12.8. The molecule has 2 bridgehead atoms. The van der Waals surface area contributed by atoms with E-state index in [2.05, 4.69) is 5.32 Å². The SMILES string of the molecule is O=C(C[C@H]1C[C@H]2CC[C@@H]1C2)NCc1ccc(F)cc1. The Kier molecular flexibility index (Phi) is 3.54. The first-order chi connectivity index (χ1) is 9.20. The zero-order valence-electron chi connectivity index (χ0n) is 11.1. The highest BCUT2D eigenvalue weighted by molar-refractivity contribution is 5.76. The van der Waals surface area contributed by atoms with Crippen LogP contribution in [0.3, 0.4) is 0 Å². The van der Waals surface area contributed by atoms with Gasteiger partial charge in [-0.1, -0.05) is 18.6 Å². The van der Waals surface area contributed by atoms with Crippen molar-refractivity contribution in [3.05, 3.63) is 35.6 Å². The number of carbonyl (C=O) groups is 1. The molecule has 1 amide bonds. The molecule has 0 aromatic heterocycles. The van der Waals surface area contributed by atoms with E-state index in [-0.39, 0.29) is 11.7 Å². The molecule has 0 spiro atoms. The molecule has 2 aliphatic rings. The van der Waals surface area contributed by atoms with Crippen LogP contribution in [0, 0.1) is 23.6 Å². The maximum absolute atomic E-state index is 12.8. The Morgan fingerprint density at radius 3 is 2.63 bits per heavy atom. The Labute approximate surface area is 113 Å². The fourth-order valence-corrected chi connectivity index (χ4v) is 3.74. The second-order valence-electron chi connectivity index (χ2n) is 6.04. The van der Waals surface area contributed by atoms with Crippen molar-refractivity contribution in [2.24, 2.45) is 17.8 Å². The predicted octanol–water partition coefficient (Wildman–Crippen LogP) is 3.27. The molecule has 19 heavy (non-hydrogen) atoms. The molecule has 2 fully saturated rings.